The highest BCUT2D eigenvalue weighted by atomic mass is 14.9. The van der Waals surface area contributed by atoms with E-state index >= 15 is 0 Å². The first-order valence-electron chi connectivity index (χ1n) is 4.67. The van der Waals surface area contributed by atoms with Crippen LogP contribution >= 0.6 is 0 Å². The van der Waals surface area contributed by atoms with Crippen molar-refractivity contribution in [2.45, 2.75) is 32.1 Å². The summed E-state index contributed by atoms with van der Waals surface area (Å²) in [4.78, 5) is 0. The van der Waals surface area contributed by atoms with Crippen molar-refractivity contribution >= 4 is 0 Å². The molecule has 1 N–H and O–H groups in total. The second-order valence-electron chi connectivity index (χ2n) is 3.78. The topological polar surface area (TPSA) is 12.0 Å². The molecule has 1 aliphatic heterocycles. The van der Waals surface area contributed by atoms with E-state index < -0.39 is 0 Å². The van der Waals surface area contributed by atoms with Gasteiger partial charge in [-0.1, -0.05) is 0 Å². The van der Waals surface area contributed by atoms with E-state index in [1.165, 1.54) is 45.2 Å². The Morgan fingerprint density at radius 3 is 2.40 bits per heavy atom. The van der Waals surface area contributed by atoms with E-state index in [1.807, 2.05) is 0 Å². The molecule has 1 atom stereocenters. The third-order valence-electron chi connectivity index (χ3n) is 2.91. The number of rotatable bonds is 1. The second-order valence-corrected chi connectivity index (χ2v) is 3.78. The van der Waals surface area contributed by atoms with Gasteiger partial charge in [0, 0.05) is 0 Å². The maximum absolute atomic E-state index is 3.46. The van der Waals surface area contributed by atoms with E-state index in [2.05, 4.69) is 5.32 Å². The molecule has 10 heavy (non-hydrogen) atoms. The zero-order valence-corrected chi connectivity index (χ0v) is 6.60. The van der Waals surface area contributed by atoms with Crippen LogP contribution in [0.4, 0.5) is 0 Å². The first-order chi connectivity index (χ1) is 4.97. The van der Waals surface area contributed by atoms with Crippen molar-refractivity contribution in [1.82, 2.24) is 5.32 Å². The van der Waals surface area contributed by atoms with Gasteiger partial charge < -0.3 is 5.32 Å². The number of hydrogen-bond donors (Lipinski definition) is 1. The van der Waals surface area contributed by atoms with Gasteiger partial charge in [0.15, 0.2) is 0 Å². The molecule has 0 aromatic rings. The van der Waals surface area contributed by atoms with Crippen LogP contribution in [0.5, 0.6) is 0 Å². The fourth-order valence-corrected chi connectivity index (χ4v) is 2.09. The van der Waals surface area contributed by atoms with Crippen molar-refractivity contribution in [3.8, 4) is 0 Å². The number of hydrogen-bond acceptors (Lipinski definition) is 1. The Bertz CT molecular complexity index is 99.3. The zero-order chi connectivity index (χ0) is 6.81. The third kappa shape index (κ3) is 1.51. The molecule has 1 heterocycles. The molecule has 1 heteroatoms. The molecule has 1 saturated heterocycles. The summed E-state index contributed by atoms with van der Waals surface area (Å²) in [6.45, 7) is 2.55. The highest BCUT2D eigenvalue weighted by molar-refractivity contribution is 4.82. The SMILES string of the molecule is C1CNCCC(C2CC2)C1. The van der Waals surface area contributed by atoms with Crippen LogP contribution in [0.3, 0.4) is 0 Å². The summed E-state index contributed by atoms with van der Waals surface area (Å²) in [5.41, 5.74) is 0. The van der Waals surface area contributed by atoms with E-state index in [1.54, 1.807) is 0 Å². The molecule has 58 valence electrons. The summed E-state index contributed by atoms with van der Waals surface area (Å²) in [5, 5.41) is 3.46. The van der Waals surface area contributed by atoms with Gasteiger partial charge in [0.25, 0.3) is 0 Å². The molecule has 0 aromatic heterocycles. The van der Waals surface area contributed by atoms with Crippen LogP contribution in [-0.2, 0) is 0 Å². The van der Waals surface area contributed by atoms with E-state index in [9.17, 15) is 0 Å². The third-order valence-corrected chi connectivity index (χ3v) is 2.91. The van der Waals surface area contributed by atoms with Crippen LogP contribution in [0.2, 0.25) is 0 Å². The maximum Gasteiger partial charge on any atom is -0.00462 e. The summed E-state index contributed by atoms with van der Waals surface area (Å²) in [5.74, 6) is 2.23. The molecule has 0 aromatic carbocycles. The van der Waals surface area contributed by atoms with E-state index in [4.69, 9.17) is 0 Å². The van der Waals surface area contributed by atoms with E-state index in [-0.39, 0.29) is 0 Å². The van der Waals surface area contributed by atoms with Crippen molar-refractivity contribution in [2.24, 2.45) is 11.8 Å². The molecule has 2 rings (SSSR count). The monoisotopic (exact) mass is 139 g/mol. The average molecular weight is 139 g/mol. The lowest BCUT2D eigenvalue weighted by atomic mass is 9.96. The first-order valence-corrected chi connectivity index (χ1v) is 4.67. The van der Waals surface area contributed by atoms with E-state index in [0.717, 1.165) is 11.8 Å². The molecule has 0 amide bonds. The molecule has 1 aliphatic carbocycles. The average Bonchev–Trinajstić information content (AvgIpc) is 2.76. The lowest BCUT2D eigenvalue weighted by Crippen LogP contribution is -2.14. The van der Waals surface area contributed by atoms with Crippen molar-refractivity contribution in [3.63, 3.8) is 0 Å². The lowest BCUT2D eigenvalue weighted by Gasteiger charge is -2.10. The summed E-state index contributed by atoms with van der Waals surface area (Å²) in [7, 11) is 0. The normalized spacial score (nSPS) is 35.4. The molecule has 1 unspecified atom stereocenters. The molecule has 1 saturated carbocycles. The Hall–Kier alpha value is -0.0400. The van der Waals surface area contributed by atoms with Gasteiger partial charge in [-0.25, -0.2) is 0 Å². The van der Waals surface area contributed by atoms with Gasteiger partial charge in [-0.15, -0.1) is 0 Å². The first kappa shape index (κ1) is 6.66. The number of nitrogens with one attached hydrogen (secondary N) is 1. The summed E-state index contributed by atoms with van der Waals surface area (Å²) in [6.07, 6.45) is 7.43. The lowest BCUT2D eigenvalue weighted by molar-refractivity contribution is 0.417. The van der Waals surface area contributed by atoms with Gasteiger partial charge in [0.05, 0.1) is 0 Å². The van der Waals surface area contributed by atoms with Crippen LogP contribution in [0.1, 0.15) is 32.1 Å². The highest BCUT2D eigenvalue weighted by Gasteiger charge is 2.30. The molecule has 2 aliphatic rings. The van der Waals surface area contributed by atoms with Gasteiger partial charge in [0.2, 0.25) is 0 Å². The minimum absolute atomic E-state index is 1.09. The van der Waals surface area contributed by atoms with Gasteiger partial charge in [-0.05, 0) is 57.0 Å². The quantitative estimate of drug-likeness (QED) is 0.584. The van der Waals surface area contributed by atoms with Crippen LogP contribution in [0.25, 0.3) is 0 Å². The van der Waals surface area contributed by atoms with Gasteiger partial charge in [-0.3, -0.25) is 0 Å². The van der Waals surface area contributed by atoms with Gasteiger partial charge in [0.1, 0.15) is 0 Å². The van der Waals surface area contributed by atoms with Crippen molar-refractivity contribution < 1.29 is 0 Å². The van der Waals surface area contributed by atoms with Gasteiger partial charge in [-0.2, -0.15) is 0 Å². The standard InChI is InChI=1S/C9H17N/c1-2-8(9-3-4-9)5-7-10-6-1/h8-10H,1-7H2. The second kappa shape index (κ2) is 2.91. The predicted molar refractivity (Wildman–Crippen MR) is 42.9 cm³/mol. The van der Waals surface area contributed by atoms with Crippen LogP contribution < -0.4 is 5.32 Å². The Morgan fingerprint density at radius 2 is 1.60 bits per heavy atom. The fraction of sp³-hybridized carbons (Fsp3) is 1.00. The van der Waals surface area contributed by atoms with Crippen molar-refractivity contribution in [3.05, 3.63) is 0 Å². The Kier molecular flexibility index (Phi) is 1.94. The van der Waals surface area contributed by atoms with Crippen LogP contribution in [-0.4, -0.2) is 13.1 Å². The predicted octanol–water partition coefficient (Wildman–Crippen LogP) is 1.79. The summed E-state index contributed by atoms with van der Waals surface area (Å²) >= 11 is 0. The maximum atomic E-state index is 3.46. The molecule has 0 bridgehead atoms. The largest absolute Gasteiger partial charge is 0.317 e. The molecular weight excluding hydrogens is 122 g/mol. The van der Waals surface area contributed by atoms with E-state index in [0.29, 0.717) is 0 Å². The highest BCUT2D eigenvalue weighted by Crippen LogP contribution is 2.40. The Labute approximate surface area is 63.2 Å². The minimum Gasteiger partial charge on any atom is -0.317 e. The van der Waals surface area contributed by atoms with Crippen molar-refractivity contribution in [1.29, 1.82) is 0 Å². The molecule has 0 spiro atoms. The summed E-state index contributed by atoms with van der Waals surface area (Å²) < 4.78 is 0. The van der Waals surface area contributed by atoms with Crippen LogP contribution in [0.15, 0.2) is 0 Å². The molecule has 2 fully saturated rings. The molecule has 1 nitrogen and oxygen atoms in total. The van der Waals surface area contributed by atoms with Crippen molar-refractivity contribution in [2.75, 3.05) is 13.1 Å². The Balaban J connectivity index is 1.81. The fourth-order valence-electron chi connectivity index (χ4n) is 2.09. The van der Waals surface area contributed by atoms with Crippen LogP contribution in [0, 0.1) is 11.8 Å². The zero-order valence-electron chi connectivity index (χ0n) is 6.60. The van der Waals surface area contributed by atoms with Gasteiger partial charge >= 0.3 is 0 Å². The molecule has 0 radical (unpaired) electrons. The minimum atomic E-state index is 1.09. The Morgan fingerprint density at radius 1 is 0.800 bits per heavy atom. The smallest absolute Gasteiger partial charge is 0.00462 e. The summed E-state index contributed by atoms with van der Waals surface area (Å²) in [6, 6.07) is 0. The molecular formula is C9H17N.